The number of fused-ring (bicyclic) bond motifs is 1. The maximum Gasteiger partial charge on any atom is 0.311 e. The highest BCUT2D eigenvalue weighted by molar-refractivity contribution is 5.78. The number of benzene rings is 2. The minimum atomic E-state index is -0.502. The predicted octanol–water partition coefficient (Wildman–Crippen LogP) is 3.48. The number of hydrogen-bond acceptors (Lipinski definition) is 4. The summed E-state index contributed by atoms with van der Waals surface area (Å²) in [5.74, 6) is -0.175. The molecule has 0 bridgehead atoms. The molecule has 25 heavy (non-hydrogen) atoms. The number of nitro benzene ring substituents is 1. The highest BCUT2D eigenvalue weighted by Crippen LogP contribution is 2.30. The summed E-state index contributed by atoms with van der Waals surface area (Å²) in [5.41, 5.74) is 3.04. The van der Waals surface area contributed by atoms with Crippen LogP contribution in [-0.2, 0) is 11.2 Å². The molecule has 0 aliphatic heterocycles. The number of ether oxygens (including phenoxy) is 1. The van der Waals surface area contributed by atoms with Crippen molar-refractivity contribution in [1.82, 2.24) is 5.32 Å². The number of hydrogen-bond donors (Lipinski definition) is 1. The fourth-order valence-corrected chi connectivity index (χ4v) is 3.18. The number of carbonyl (C=O) groups is 1. The third kappa shape index (κ3) is 3.96. The second kappa shape index (κ2) is 7.34. The van der Waals surface area contributed by atoms with Gasteiger partial charge in [0.25, 0.3) is 5.91 Å². The van der Waals surface area contributed by atoms with Crippen LogP contribution in [0.2, 0.25) is 0 Å². The van der Waals surface area contributed by atoms with E-state index < -0.39 is 4.92 Å². The lowest BCUT2D eigenvalue weighted by atomic mass is 9.88. The van der Waals surface area contributed by atoms with E-state index in [1.54, 1.807) is 13.0 Å². The molecule has 130 valence electrons. The van der Waals surface area contributed by atoms with E-state index >= 15 is 0 Å². The lowest BCUT2D eigenvalue weighted by molar-refractivity contribution is -0.385. The summed E-state index contributed by atoms with van der Waals surface area (Å²) in [4.78, 5) is 22.8. The molecule has 2 aromatic carbocycles. The van der Waals surface area contributed by atoms with Gasteiger partial charge < -0.3 is 10.1 Å². The molecule has 0 unspecified atom stereocenters. The lowest BCUT2D eigenvalue weighted by Gasteiger charge is -2.26. The fraction of sp³-hybridized carbons (Fsp3) is 0.316. The molecule has 1 amide bonds. The second-order valence-electron chi connectivity index (χ2n) is 6.23. The number of rotatable bonds is 5. The molecule has 0 fully saturated rings. The van der Waals surface area contributed by atoms with Crippen LogP contribution in [0.1, 0.15) is 35.6 Å². The van der Waals surface area contributed by atoms with E-state index in [1.807, 2.05) is 18.2 Å². The summed E-state index contributed by atoms with van der Waals surface area (Å²) in [7, 11) is 0. The maximum absolute atomic E-state index is 12.2. The largest absolute Gasteiger partial charge is 0.477 e. The van der Waals surface area contributed by atoms with Crippen molar-refractivity contribution >= 4 is 11.6 Å². The van der Waals surface area contributed by atoms with Crippen LogP contribution in [-0.4, -0.2) is 17.4 Å². The first-order chi connectivity index (χ1) is 12.0. The number of nitrogens with one attached hydrogen (secondary N) is 1. The van der Waals surface area contributed by atoms with Crippen LogP contribution in [0, 0.1) is 17.0 Å². The van der Waals surface area contributed by atoms with Crippen LogP contribution in [0.25, 0.3) is 0 Å². The molecule has 0 heterocycles. The van der Waals surface area contributed by atoms with Crippen molar-refractivity contribution in [1.29, 1.82) is 0 Å². The van der Waals surface area contributed by atoms with Gasteiger partial charge in [-0.2, -0.15) is 0 Å². The van der Waals surface area contributed by atoms with Gasteiger partial charge in [-0.15, -0.1) is 0 Å². The summed E-state index contributed by atoms with van der Waals surface area (Å²) >= 11 is 0. The van der Waals surface area contributed by atoms with Crippen molar-refractivity contribution in [2.24, 2.45) is 0 Å². The third-order valence-corrected chi connectivity index (χ3v) is 4.37. The molecular formula is C19H20N2O4. The topological polar surface area (TPSA) is 81.5 Å². The molecule has 0 saturated carbocycles. The maximum atomic E-state index is 12.2. The van der Waals surface area contributed by atoms with E-state index in [1.165, 1.54) is 17.7 Å². The van der Waals surface area contributed by atoms with Crippen molar-refractivity contribution in [2.75, 3.05) is 6.61 Å². The van der Waals surface area contributed by atoms with Gasteiger partial charge in [0, 0.05) is 6.07 Å². The molecule has 0 spiro atoms. The molecule has 2 aromatic rings. The van der Waals surface area contributed by atoms with Crippen molar-refractivity contribution in [2.45, 2.75) is 32.2 Å². The molecule has 6 heteroatoms. The van der Waals surface area contributed by atoms with Gasteiger partial charge in [0.05, 0.1) is 11.0 Å². The quantitative estimate of drug-likeness (QED) is 0.667. The van der Waals surface area contributed by atoms with Crippen LogP contribution in [0.3, 0.4) is 0 Å². The Morgan fingerprint density at radius 1 is 1.32 bits per heavy atom. The molecule has 1 aliphatic rings. The molecule has 0 saturated heterocycles. The Bertz CT molecular complexity index is 804. The smallest absolute Gasteiger partial charge is 0.311 e. The van der Waals surface area contributed by atoms with Gasteiger partial charge in [-0.1, -0.05) is 30.3 Å². The van der Waals surface area contributed by atoms with Crippen LogP contribution in [0.15, 0.2) is 42.5 Å². The van der Waals surface area contributed by atoms with Crippen LogP contribution < -0.4 is 10.1 Å². The second-order valence-corrected chi connectivity index (χ2v) is 6.23. The standard InChI is InChI=1S/C19H20N2O4/c1-13-9-10-18(17(11-13)21(23)24)25-12-19(22)20-16-8-4-6-14-5-2-3-7-15(14)16/h2-3,5,7,9-11,16H,4,6,8,12H2,1H3,(H,20,22)/t16-/m0/s1. The Morgan fingerprint density at radius 3 is 2.92 bits per heavy atom. The Morgan fingerprint density at radius 2 is 2.12 bits per heavy atom. The molecular weight excluding hydrogens is 320 g/mol. The van der Waals surface area contributed by atoms with E-state index in [0.717, 1.165) is 30.4 Å². The minimum Gasteiger partial charge on any atom is -0.477 e. The summed E-state index contributed by atoms with van der Waals surface area (Å²) in [6.07, 6.45) is 2.92. The fourth-order valence-electron chi connectivity index (χ4n) is 3.18. The van der Waals surface area contributed by atoms with Gasteiger partial charge in [-0.05, 0) is 48.9 Å². The number of nitrogens with zero attached hydrogens (tertiary/aromatic N) is 1. The normalized spacial score (nSPS) is 16.0. The average Bonchev–Trinajstić information content (AvgIpc) is 2.61. The Kier molecular flexibility index (Phi) is 4.97. The van der Waals surface area contributed by atoms with E-state index in [9.17, 15) is 14.9 Å². The first kappa shape index (κ1) is 17.0. The zero-order valence-electron chi connectivity index (χ0n) is 14.0. The van der Waals surface area contributed by atoms with Gasteiger partial charge in [-0.25, -0.2) is 0 Å². The highest BCUT2D eigenvalue weighted by Gasteiger charge is 2.22. The zero-order chi connectivity index (χ0) is 17.8. The first-order valence-electron chi connectivity index (χ1n) is 8.29. The van der Waals surface area contributed by atoms with Gasteiger partial charge in [0.2, 0.25) is 0 Å². The van der Waals surface area contributed by atoms with Crippen molar-refractivity contribution in [3.05, 3.63) is 69.3 Å². The van der Waals surface area contributed by atoms with Crippen molar-refractivity contribution in [3.8, 4) is 5.75 Å². The number of amides is 1. The average molecular weight is 340 g/mol. The summed E-state index contributed by atoms with van der Waals surface area (Å²) in [6.45, 7) is 1.52. The predicted molar refractivity (Wildman–Crippen MR) is 93.6 cm³/mol. The molecule has 6 nitrogen and oxygen atoms in total. The minimum absolute atomic E-state index is 0.0333. The molecule has 3 rings (SSSR count). The Labute approximate surface area is 146 Å². The van der Waals surface area contributed by atoms with Crippen LogP contribution >= 0.6 is 0 Å². The van der Waals surface area contributed by atoms with Gasteiger partial charge in [0.1, 0.15) is 0 Å². The number of nitro groups is 1. The van der Waals surface area contributed by atoms with Crippen molar-refractivity contribution < 1.29 is 14.5 Å². The van der Waals surface area contributed by atoms with E-state index in [2.05, 4.69) is 11.4 Å². The summed E-state index contributed by atoms with van der Waals surface area (Å²) < 4.78 is 5.39. The summed E-state index contributed by atoms with van der Waals surface area (Å²) in [6, 6.07) is 12.7. The Hall–Kier alpha value is -2.89. The van der Waals surface area contributed by atoms with E-state index in [-0.39, 0.29) is 30.0 Å². The Balaban J connectivity index is 1.64. The van der Waals surface area contributed by atoms with E-state index in [4.69, 9.17) is 4.74 Å². The van der Waals surface area contributed by atoms with E-state index in [0.29, 0.717) is 0 Å². The molecule has 1 atom stereocenters. The zero-order valence-corrected chi connectivity index (χ0v) is 14.0. The first-order valence-corrected chi connectivity index (χ1v) is 8.29. The number of aryl methyl sites for hydroxylation is 2. The van der Waals surface area contributed by atoms with Crippen LogP contribution in [0.5, 0.6) is 5.75 Å². The van der Waals surface area contributed by atoms with Gasteiger partial charge in [0.15, 0.2) is 12.4 Å². The lowest BCUT2D eigenvalue weighted by Crippen LogP contribution is -2.34. The van der Waals surface area contributed by atoms with Gasteiger partial charge in [-0.3, -0.25) is 14.9 Å². The molecule has 0 aromatic heterocycles. The highest BCUT2D eigenvalue weighted by atomic mass is 16.6. The monoisotopic (exact) mass is 340 g/mol. The SMILES string of the molecule is Cc1ccc(OCC(=O)N[C@H]2CCCc3ccccc32)c([N+](=O)[O-])c1. The summed E-state index contributed by atoms with van der Waals surface area (Å²) in [5, 5.41) is 14.1. The molecule has 1 aliphatic carbocycles. The third-order valence-electron chi connectivity index (χ3n) is 4.37. The van der Waals surface area contributed by atoms with Gasteiger partial charge >= 0.3 is 5.69 Å². The van der Waals surface area contributed by atoms with Crippen molar-refractivity contribution in [3.63, 3.8) is 0 Å². The number of carbonyl (C=O) groups excluding carboxylic acids is 1. The van der Waals surface area contributed by atoms with Crippen LogP contribution in [0.4, 0.5) is 5.69 Å². The molecule has 0 radical (unpaired) electrons. The molecule has 1 N–H and O–H groups in total.